The van der Waals surface area contributed by atoms with E-state index in [0.717, 1.165) is 79.9 Å². The highest BCUT2D eigenvalue weighted by Gasteiger charge is 2.30. The molecule has 0 aliphatic carbocycles. The lowest BCUT2D eigenvalue weighted by atomic mass is 10.00. The topological polar surface area (TPSA) is 93.8 Å². The number of pyridine rings is 1. The molecule has 0 aliphatic heterocycles. The predicted molar refractivity (Wildman–Crippen MR) is 194 cm³/mol. The van der Waals surface area contributed by atoms with E-state index >= 15 is 0 Å². The highest BCUT2D eigenvalue weighted by molar-refractivity contribution is 7.00. The van der Waals surface area contributed by atoms with Crippen molar-refractivity contribution < 1.29 is 23.1 Å². The molecule has 0 unspecified atom stereocenters. The Labute approximate surface area is 292 Å². The molecule has 3 heterocycles. The van der Waals surface area contributed by atoms with E-state index < -0.39 is 17.7 Å². The summed E-state index contributed by atoms with van der Waals surface area (Å²) in [5.74, 6) is -0.389. The largest absolute Gasteiger partial charge is 0.478 e. The summed E-state index contributed by atoms with van der Waals surface area (Å²) in [5, 5.41) is 13.1. The second kappa shape index (κ2) is 12.8. The van der Waals surface area contributed by atoms with Crippen LogP contribution in [0.4, 0.5) is 13.2 Å². The molecule has 6 aromatic carbocycles. The number of nitrogens with zero attached hydrogens (tertiary/aromatic N) is 5. The van der Waals surface area contributed by atoms with Gasteiger partial charge in [-0.2, -0.15) is 21.9 Å². The van der Waals surface area contributed by atoms with E-state index in [1.54, 1.807) is 12.4 Å². The molecule has 9 rings (SSSR count). The quantitative estimate of drug-likeness (QED) is 0.184. The third-order valence-corrected chi connectivity index (χ3v) is 9.18. The molecule has 51 heavy (non-hydrogen) atoms. The van der Waals surface area contributed by atoms with E-state index in [4.69, 9.17) is 18.8 Å². The van der Waals surface area contributed by atoms with Gasteiger partial charge in [0.2, 0.25) is 0 Å². The average Bonchev–Trinajstić information content (AvgIpc) is 3.82. The molecule has 248 valence electrons. The van der Waals surface area contributed by atoms with Crippen molar-refractivity contribution in [3.63, 3.8) is 0 Å². The van der Waals surface area contributed by atoms with Crippen molar-refractivity contribution in [1.82, 2.24) is 23.3 Å². The van der Waals surface area contributed by atoms with Crippen LogP contribution in [0.2, 0.25) is 0 Å². The highest BCUT2D eigenvalue weighted by Crippen LogP contribution is 2.41. The lowest BCUT2D eigenvalue weighted by molar-refractivity contribution is -0.137. The van der Waals surface area contributed by atoms with Crippen molar-refractivity contribution in [2.75, 3.05) is 0 Å². The zero-order chi connectivity index (χ0) is 35.1. The van der Waals surface area contributed by atoms with Crippen LogP contribution in [0, 0.1) is 0 Å². The van der Waals surface area contributed by atoms with Crippen molar-refractivity contribution in [2.45, 2.75) is 6.18 Å². The van der Waals surface area contributed by atoms with Crippen LogP contribution in [0.3, 0.4) is 0 Å². The second-order valence-electron chi connectivity index (χ2n) is 11.6. The number of carboxylic acids is 1. The van der Waals surface area contributed by atoms with Crippen LogP contribution in [-0.4, -0.2) is 34.4 Å². The van der Waals surface area contributed by atoms with E-state index in [1.807, 2.05) is 18.2 Å². The highest BCUT2D eigenvalue weighted by atomic mass is 32.1. The van der Waals surface area contributed by atoms with Gasteiger partial charge >= 0.3 is 12.1 Å². The van der Waals surface area contributed by atoms with E-state index in [-0.39, 0.29) is 5.56 Å². The molecule has 1 N–H and O–H groups in total. The average molecular weight is 696 g/mol. The molecule has 0 atom stereocenters. The van der Waals surface area contributed by atoms with E-state index in [2.05, 4.69) is 94.5 Å². The maximum Gasteiger partial charge on any atom is 0.416 e. The first kappa shape index (κ1) is 31.8. The number of aromatic carboxylic acids is 1. The molecular formula is C40H24F3N5O2S. The number of rotatable bonds is 4. The van der Waals surface area contributed by atoms with Crippen molar-refractivity contribution >= 4 is 61.3 Å². The third kappa shape index (κ3) is 5.73. The molecule has 0 saturated heterocycles. The molecule has 0 amide bonds. The predicted octanol–water partition coefficient (Wildman–Crippen LogP) is 10.5. The Morgan fingerprint density at radius 3 is 1.84 bits per heavy atom. The second-order valence-corrected chi connectivity index (χ2v) is 12.2. The summed E-state index contributed by atoms with van der Waals surface area (Å²) in [5.41, 5.74) is 6.91. The maximum absolute atomic E-state index is 12.0. The summed E-state index contributed by atoms with van der Waals surface area (Å²) in [4.78, 5) is 19.8. The number of halogens is 3. The van der Waals surface area contributed by atoms with Gasteiger partial charge in [-0.15, -0.1) is 0 Å². The molecule has 0 fully saturated rings. The molecule has 11 heteroatoms. The van der Waals surface area contributed by atoms with Crippen molar-refractivity contribution in [1.29, 1.82) is 0 Å². The molecule has 0 radical (unpaired) electrons. The van der Waals surface area contributed by atoms with Crippen LogP contribution in [0.1, 0.15) is 15.9 Å². The van der Waals surface area contributed by atoms with Gasteiger partial charge in [0.25, 0.3) is 0 Å². The summed E-state index contributed by atoms with van der Waals surface area (Å²) in [7, 11) is 0. The van der Waals surface area contributed by atoms with E-state index in [1.165, 1.54) is 27.9 Å². The Hall–Kier alpha value is -6.46. The normalized spacial score (nSPS) is 11.6. The zero-order valence-corrected chi connectivity index (χ0v) is 27.2. The van der Waals surface area contributed by atoms with Crippen LogP contribution >= 0.6 is 11.7 Å². The Bertz CT molecular complexity index is 2710. The van der Waals surface area contributed by atoms with Crippen molar-refractivity contribution in [2.24, 2.45) is 0 Å². The number of fused-ring (bicyclic) bond motifs is 7. The lowest BCUT2D eigenvalue weighted by Gasteiger charge is -2.13. The summed E-state index contributed by atoms with van der Waals surface area (Å²) >= 11 is 1.23. The Kier molecular flexibility index (Phi) is 7.96. The van der Waals surface area contributed by atoms with Crippen LogP contribution < -0.4 is 0 Å². The van der Waals surface area contributed by atoms with Crippen molar-refractivity contribution in [3.05, 3.63) is 151 Å². The van der Waals surface area contributed by atoms with Gasteiger partial charge in [-0.1, -0.05) is 72.8 Å². The SMILES string of the molecule is O=C(O)c1ccc(C(F)(F)F)cc1.c1ccc(-n2c(-c3ccc(-c4ccncc4)c4nsnc34)nc3c4ccccc4c4ccccc4c32)cc1. The summed E-state index contributed by atoms with van der Waals surface area (Å²) < 4.78 is 47.7. The Balaban J connectivity index is 0.000000245. The summed E-state index contributed by atoms with van der Waals surface area (Å²) in [6.07, 6.45) is -0.809. The summed E-state index contributed by atoms with van der Waals surface area (Å²) in [6.45, 7) is 0. The van der Waals surface area contributed by atoms with Crippen LogP contribution in [0.5, 0.6) is 0 Å². The molecular weight excluding hydrogens is 672 g/mol. The van der Waals surface area contributed by atoms with Crippen LogP contribution in [0.25, 0.3) is 71.8 Å². The van der Waals surface area contributed by atoms with E-state index in [0.29, 0.717) is 0 Å². The third-order valence-electron chi connectivity index (χ3n) is 8.65. The van der Waals surface area contributed by atoms with Gasteiger partial charge in [-0.3, -0.25) is 9.55 Å². The van der Waals surface area contributed by atoms with Gasteiger partial charge in [0.15, 0.2) is 0 Å². The first-order chi connectivity index (χ1) is 24.8. The first-order valence-corrected chi connectivity index (χ1v) is 16.5. The van der Waals surface area contributed by atoms with Gasteiger partial charge < -0.3 is 5.11 Å². The minimum Gasteiger partial charge on any atom is -0.478 e. The fourth-order valence-electron chi connectivity index (χ4n) is 6.33. The number of carboxylic acid groups (broad SMARTS) is 1. The number of para-hydroxylation sites is 1. The minimum absolute atomic E-state index is 0.159. The van der Waals surface area contributed by atoms with Gasteiger partial charge in [0.1, 0.15) is 16.9 Å². The fraction of sp³-hybridized carbons (Fsp3) is 0.0250. The molecule has 3 aromatic heterocycles. The number of hydrogen-bond acceptors (Lipinski definition) is 6. The first-order valence-electron chi connectivity index (χ1n) is 15.7. The molecule has 0 spiro atoms. The number of carbonyl (C=O) groups is 1. The molecule has 0 bridgehead atoms. The number of benzene rings is 6. The zero-order valence-electron chi connectivity index (χ0n) is 26.4. The number of alkyl halides is 3. The lowest BCUT2D eigenvalue weighted by Crippen LogP contribution is -2.05. The van der Waals surface area contributed by atoms with Gasteiger partial charge in [0.05, 0.1) is 33.9 Å². The number of hydrogen-bond donors (Lipinski definition) is 1. The molecule has 9 aromatic rings. The smallest absolute Gasteiger partial charge is 0.416 e. The molecule has 0 saturated carbocycles. The van der Waals surface area contributed by atoms with Gasteiger partial charge in [-0.05, 0) is 70.9 Å². The Morgan fingerprint density at radius 2 is 1.20 bits per heavy atom. The molecule has 7 nitrogen and oxygen atoms in total. The Morgan fingerprint density at radius 1 is 0.627 bits per heavy atom. The monoisotopic (exact) mass is 695 g/mol. The van der Waals surface area contributed by atoms with Crippen LogP contribution in [-0.2, 0) is 6.18 Å². The standard InChI is InChI=1S/C32H19N5S.C8H5F3O2/c1-2-8-21(9-3-1)37-31-26-13-7-5-11-24(26)23-10-4-6-12-25(23)30(31)34-32(37)27-15-14-22(20-16-18-33-19-17-20)28-29(27)36-38-35-28;9-8(10,11)6-3-1-5(2-4-6)7(12)13/h1-19H;1-4H,(H,12,13). The fourth-order valence-corrected chi connectivity index (χ4v) is 6.90. The molecule has 0 aliphatic rings. The van der Waals surface area contributed by atoms with Crippen LogP contribution in [0.15, 0.2) is 140 Å². The van der Waals surface area contributed by atoms with Gasteiger partial charge in [0, 0.05) is 40.0 Å². The van der Waals surface area contributed by atoms with Crippen molar-refractivity contribution in [3.8, 4) is 28.2 Å². The maximum atomic E-state index is 12.0. The summed E-state index contributed by atoms with van der Waals surface area (Å²) in [6, 6.07) is 39.2. The van der Waals surface area contributed by atoms with Gasteiger partial charge in [-0.25, -0.2) is 9.78 Å². The van der Waals surface area contributed by atoms with E-state index in [9.17, 15) is 18.0 Å². The number of imidazole rings is 1. The minimum atomic E-state index is -4.42. The number of aromatic nitrogens is 5.